The van der Waals surface area contributed by atoms with E-state index in [9.17, 15) is 13.2 Å². The van der Waals surface area contributed by atoms with E-state index < -0.39 is 15.3 Å². The fourth-order valence-electron chi connectivity index (χ4n) is 5.38. The van der Waals surface area contributed by atoms with Crippen LogP contribution < -0.4 is 10.0 Å². The number of amides is 1. The summed E-state index contributed by atoms with van der Waals surface area (Å²) in [4.78, 5) is 26.5. The lowest BCUT2D eigenvalue weighted by Crippen LogP contribution is -2.52. The molecular weight excluding hydrogens is 512 g/mol. The van der Waals surface area contributed by atoms with E-state index >= 15 is 0 Å². The molecule has 2 saturated heterocycles. The molecule has 2 aromatic rings. The second-order valence-corrected chi connectivity index (χ2v) is 13.8. The van der Waals surface area contributed by atoms with Crippen molar-refractivity contribution >= 4 is 21.7 Å². The van der Waals surface area contributed by atoms with Gasteiger partial charge in [-0.05, 0) is 76.6 Å². The normalized spacial score (nSPS) is 18.2. The van der Waals surface area contributed by atoms with Gasteiger partial charge in [-0.15, -0.1) is 0 Å². The zero-order chi connectivity index (χ0) is 28.2. The molecule has 3 heterocycles. The summed E-state index contributed by atoms with van der Waals surface area (Å²) in [5.74, 6) is 1.14. The van der Waals surface area contributed by atoms with Gasteiger partial charge in [-0.2, -0.15) is 0 Å². The van der Waals surface area contributed by atoms with E-state index in [0.717, 1.165) is 49.9 Å². The zero-order valence-electron chi connectivity index (χ0n) is 24.0. The standard InChI is InChI=1S/C29H44N6O3S/c1-20(2)24-8-6-23(7-9-24)18-30-28-22(5)27(31-19-32-28)29(36)35-16-12-26(13-17-35)34-14-10-25(11-15-34)33-39(37,38)21(3)4/h6-9,19-21,25-26,33H,10-18H2,1-5H3,(H,30,31,32). The van der Waals surface area contributed by atoms with Gasteiger partial charge in [-0.1, -0.05) is 38.1 Å². The van der Waals surface area contributed by atoms with Crippen molar-refractivity contribution in [1.82, 2.24) is 24.5 Å². The smallest absolute Gasteiger partial charge is 0.272 e. The summed E-state index contributed by atoms with van der Waals surface area (Å²) in [7, 11) is -3.24. The maximum absolute atomic E-state index is 13.4. The summed E-state index contributed by atoms with van der Waals surface area (Å²) < 4.78 is 27.3. The molecule has 1 aromatic heterocycles. The first kappa shape index (κ1) is 29.4. The van der Waals surface area contributed by atoms with Gasteiger partial charge in [0.2, 0.25) is 10.0 Å². The number of hydrogen-bond donors (Lipinski definition) is 2. The molecule has 1 amide bonds. The lowest BCUT2D eigenvalue weighted by molar-refractivity contribution is 0.0570. The molecule has 2 fully saturated rings. The van der Waals surface area contributed by atoms with Crippen molar-refractivity contribution < 1.29 is 13.2 Å². The molecule has 0 atom stereocenters. The van der Waals surface area contributed by atoms with E-state index in [1.807, 2.05) is 11.8 Å². The maximum Gasteiger partial charge on any atom is 0.272 e. The van der Waals surface area contributed by atoms with Crippen molar-refractivity contribution in [3.63, 3.8) is 0 Å². The molecule has 0 aliphatic carbocycles. The third kappa shape index (κ3) is 7.35. The average Bonchev–Trinajstić information content (AvgIpc) is 2.92. The number of nitrogens with zero attached hydrogens (tertiary/aromatic N) is 4. The van der Waals surface area contributed by atoms with Gasteiger partial charge in [0.1, 0.15) is 17.8 Å². The lowest BCUT2D eigenvalue weighted by atomic mass is 9.98. The second kappa shape index (κ2) is 12.7. The quantitative estimate of drug-likeness (QED) is 0.482. The van der Waals surface area contributed by atoms with Crippen molar-refractivity contribution in [1.29, 1.82) is 0 Å². The number of aromatic nitrogens is 2. The Morgan fingerprint density at radius 1 is 0.974 bits per heavy atom. The Morgan fingerprint density at radius 3 is 2.21 bits per heavy atom. The maximum atomic E-state index is 13.4. The topological polar surface area (TPSA) is 108 Å². The summed E-state index contributed by atoms with van der Waals surface area (Å²) in [5.41, 5.74) is 3.70. The van der Waals surface area contributed by atoms with Crippen molar-refractivity contribution in [2.75, 3.05) is 31.5 Å². The summed E-state index contributed by atoms with van der Waals surface area (Å²) in [5, 5.41) is 2.97. The second-order valence-electron chi connectivity index (χ2n) is 11.5. The van der Waals surface area contributed by atoms with Crippen LogP contribution in [0.25, 0.3) is 0 Å². The van der Waals surface area contributed by atoms with E-state index in [2.05, 4.69) is 63.0 Å². The third-order valence-corrected chi connectivity index (χ3v) is 10.0. The Kier molecular flexibility index (Phi) is 9.61. The summed E-state index contributed by atoms with van der Waals surface area (Å²) in [6.45, 7) is 13.5. The van der Waals surface area contributed by atoms with Gasteiger partial charge < -0.3 is 15.1 Å². The molecule has 1 aromatic carbocycles. The molecule has 0 unspecified atom stereocenters. The van der Waals surface area contributed by atoms with Crippen LogP contribution in [-0.4, -0.2) is 77.6 Å². The minimum absolute atomic E-state index is 0.0123. The summed E-state index contributed by atoms with van der Waals surface area (Å²) in [6.07, 6.45) is 4.94. The molecule has 10 heteroatoms. The van der Waals surface area contributed by atoms with Crippen molar-refractivity contribution in [2.45, 2.75) is 90.1 Å². The Labute approximate surface area is 233 Å². The first-order chi connectivity index (χ1) is 18.5. The van der Waals surface area contributed by atoms with Crippen molar-refractivity contribution in [3.8, 4) is 0 Å². The zero-order valence-corrected chi connectivity index (χ0v) is 24.8. The highest BCUT2D eigenvalue weighted by molar-refractivity contribution is 7.90. The number of benzene rings is 1. The molecule has 2 aliphatic rings. The Morgan fingerprint density at radius 2 is 1.62 bits per heavy atom. The van der Waals surface area contributed by atoms with Crippen LogP contribution in [0.5, 0.6) is 0 Å². The number of carbonyl (C=O) groups is 1. The van der Waals surface area contributed by atoms with Gasteiger partial charge in [0, 0.05) is 37.3 Å². The molecule has 0 saturated carbocycles. The largest absolute Gasteiger partial charge is 0.366 e. The number of anilines is 1. The minimum Gasteiger partial charge on any atom is -0.366 e. The number of rotatable bonds is 9. The van der Waals surface area contributed by atoms with Gasteiger partial charge in [0.05, 0.1) is 5.25 Å². The molecule has 9 nitrogen and oxygen atoms in total. The van der Waals surface area contributed by atoms with Crippen LogP contribution in [0.2, 0.25) is 0 Å². The van der Waals surface area contributed by atoms with Gasteiger partial charge in [0.25, 0.3) is 5.91 Å². The predicted octanol–water partition coefficient (Wildman–Crippen LogP) is 3.92. The van der Waals surface area contributed by atoms with Gasteiger partial charge >= 0.3 is 0 Å². The number of hydrogen-bond acceptors (Lipinski definition) is 7. The van der Waals surface area contributed by atoms with Crippen LogP contribution in [0.4, 0.5) is 5.82 Å². The SMILES string of the molecule is Cc1c(NCc2ccc(C(C)C)cc2)ncnc1C(=O)N1CCC(N2CCC(NS(=O)(=O)C(C)C)CC2)CC1. The number of likely N-dealkylation sites (tertiary alicyclic amines) is 2. The van der Waals surface area contributed by atoms with Crippen molar-refractivity contribution in [3.05, 3.63) is 53.0 Å². The summed E-state index contributed by atoms with van der Waals surface area (Å²) >= 11 is 0. The Bertz CT molecular complexity index is 1220. The monoisotopic (exact) mass is 556 g/mol. The van der Waals surface area contributed by atoms with Gasteiger partial charge in [-0.25, -0.2) is 23.1 Å². The molecular formula is C29H44N6O3S. The number of carbonyl (C=O) groups excluding carboxylic acids is 1. The van der Waals surface area contributed by atoms with E-state index in [1.54, 1.807) is 13.8 Å². The molecule has 4 rings (SSSR count). The van der Waals surface area contributed by atoms with E-state index in [1.165, 1.54) is 11.9 Å². The molecule has 0 spiro atoms. The first-order valence-corrected chi connectivity index (χ1v) is 15.8. The lowest BCUT2D eigenvalue weighted by Gasteiger charge is -2.42. The highest BCUT2D eigenvalue weighted by atomic mass is 32.2. The van der Waals surface area contributed by atoms with E-state index in [-0.39, 0.29) is 11.9 Å². The van der Waals surface area contributed by atoms with Crippen LogP contribution in [0, 0.1) is 6.92 Å². The van der Waals surface area contributed by atoms with Crippen LogP contribution in [0.1, 0.15) is 86.5 Å². The van der Waals surface area contributed by atoms with Crippen LogP contribution in [0.15, 0.2) is 30.6 Å². The van der Waals surface area contributed by atoms with Crippen LogP contribution >= 0.6 is 0 Å². The van der Waals surface area contributed by atoms with Gasteiger partial charge in [0.15, 0.2) is 0 Å². The minimum atomic E-state index is -3.24. The highest BCUT2D eigenvalue weighted by Crippen LogP contribution is 2.24. The van der Waals surface area contributed by atoms with E-state index in [4.69, 9.17) is 0 Å². The number of piperidine rings is 2. The highest BCUT2D eigenvalue weighted by Gasteiger charge is 2.32. The molecule has 214 valence electrons. The molecule has 2 aliphatic heterocycles. The number of nitrogens with one attached hydrogen (secondary N) is 2. The molecule has 0 radical (unpaired) electrons. The fraction of sp³-hybridized carbons (Fsp3) is 0.621. The predicted molar refractivity (Wildman–Crippen MR) is 155 cm³/mol. The van der Waals surface area contributed by atoms with Crippen molar-refractivity contribution in [2.24, 2.45) is 0 Å². The Balaban J connectivity index is 1.28. The Hall–Kier alpha value is -2.56. The average molecular weight is 557 g/mol. The van der Waals surface area contributed by atoms with Gasteiger partial charge in [-0.3, -0.25) is 4.79 Å². The van der Waals surface area contributed by atoms with Crippen LogP contribution in [0.3, 0.4) is 0 Å². The third-order valence-electron chi connectivity index (χ3n) is 8.14. The fourth-order valence-corrected chi connectivity index (χ4v) is 6.36. The first-order valence-electron chi connectivity index (χ1n) is 14.2. The number of sulfonamides is 1. The van der Waals surface area contributed by atoms with Crippen LogP contribution in [-0.2, 0) is 16.6 Å². The molecule has 0 bridgehead atoms. The molecule has 2 N–H and O–H groups in total. The molecule has 39 heavy (non-hydrogen) atoms. The van der Waals surface area contributed by atoms with E-state index in [0.29, 0.717) is 43.1 Å². The summed E-state index contributed by atoms with van der Waals surface area (Å²) in [6, 6.07) is 9.00.